The van der Waals surface area contributed by atoms with Crippen molar-refractivity contribution in [2.24, 2.45) is 0 Å². The van der Waals surface area contributed by atoms with Crippen LogP contribution in [0.4, 0.5) is 8.78 Å². The third-order valence-electron chi connectivity index (χ3n) is 3.04. The maximum atomic E-state index is 13.7. The summed E-state index contributed by atoms with van der Waals surface area (Å²) in [6.07, 6.45) is 1.15. The fourth-order valence-electron chi connectivity index (χ4n) is 1.98. The minimum atomic E-state index is -0.814. The molecule has 6 heteroatoms. The molecule has 1 aromatic carbocycles. The lowest BCUT2D eigenvalue weighted by atomic mass is 10.0. The Morgan fingerprint density at radius 3 is 2.84 bits per heavy atom. The van der Waals surface area contributed by atoms with E-state index in [2.05, 4.69) is 14.9 Å². The van der Waals surface area contributed by atoms with E-state index in [1.54, 1.807) is 13.1 Å². The Morgan fingerprint density at radius 1 is 1.37 bits per heavy atom. The number of aryl methyl sites for hydroxylation is 1. The lowest BCUT2D eigenvalue weighted by molar-refractivity contribution is 0.487. The summed E-state index contributed by atoms with van der Waals surface area (Å²) in [7, 11) is 1.79. The number of benzene rings is 1. The van der Waals surface area contributed by atoms with Gasteiger partial charge in [0.2, 0.25) is 0 Å². The normalized spacial score (nSPS) is 12.6. The zero-order chi connectivity index (χ0) is 13.8. The molecule has 0 fully saturated rings. The van der Waals surface area contributed by atoms with Gasteiger partial charge in [-0.2, -0.15) is 0 Å². The van der Waals surface area contributed by atoms with Crippen LogP contribution in [-0.4, -0.2) is 16.6 Å². The molecule has 2 rings (SSSR count). The van der Waals surface area contributed by atoms with E-state index in [4.69, 9.17) is 0 Å². The van der Waals surface area contributed by atoms with Crippen LogP contribution < -0.4 is 5.32 Å². The Balaban J connectivity index is 2.27. The van der Waals surface area contributed by atoms with Crippen LogP contribution in [0, 0.1) is 11.6 Å². The predicted octanol–water partition coefficient (Wildman–Crippen LogP) is 2.88. The molecule has 0 aliphatic heterocycles. The zero-order valence-corrected chi connectivity index (χ0v) is 11.6. The van der Waals surface area contributed by atoms with E-state index in [-0.39, 0.29) is 6.04 Å². The summed E-state index contributed by atoms with van der Waals surface area (Å²) in [5.74, 6) is -1.59. The molecule has 1 heterocycles. The van der Waals surface area contributed by atoms with Crippen molar-refractivity contribution in [1.29, 1.82) is 0 Å². The number of aromatic nitrogens is 2. The second-order valence-electron chi connectivity index (χ2n) is 4.20. The molecule has 1 unspecified atom stereocenters. The average molecular weight is 283 g/mol. The van der Waals surface area contributed by atoms with Crippen LogP contribution in [0.5, 0.6) is 0 Å². The van der Waals surface area contributed by atoms with Gasteiger partial charge in [-0.05, 0) is 43.1 Å². The fraction of sp³-hybridized carbons (Fsp3) is 0.385. The smallest absolute Gasteiger partial charge is 0.162 e. The molecule has 2 aromatic rings. The van der Waals surface area contributed by atoms with E-state index < -0.39 is 11.6 Å². The molecular formula is C13H15F2N3S. The number of hydrogen-bond acceptors (Lipinski definition) is 4. The van der Waals surface area contributed by atoms with Gasteiger partial charge in [-0.1, -0.05) is 23.5 Å². The quantitative estimate of drug-likeness (QED) is 0.917. The number of likely N-dealkylation sites (N-methyl/N-ethyl adjacent to an activating group) is 1. The molecule has 0 amide bonds. The first kappa shape index (κ1) is 14.0. The zero-order valence-electron chi connectivity index (χ0n) is 10.8. The summed E-state index contributed by atoms with van der Waals surface area (Å²) >= 11 is 1.30. The largest absolute Gasteiger partial charge is 0.312 e. The lowest BCUT2D eigenvalue weighted by Gasteiger charge is -2.15. The average Bonchev–Trinajstić information content (AvgIpc) is 2.88. The van der Waals surface area contributed by atoms with Crippen molar-refractivity contribution in [3.63, 3.8) is 0 Å². The van der Waals surface area contributed by atoms with E-state index in [1.165, 1.54) is 17.6 Å². The first-order chi connectivity index (χ1) is 9.17. The Morgan fingerprint density at radius 2 is 2.16 bits per heavy atom. The van der Waals surface area contributed by atoms with Gasteiger partial charge in [0.25, 0.3) is 0 Å². The van der Waals surface area contributed by atoms with Crippen LogP contribution in [0.25, 0.3) is 0 Å². The standard InChI is InChI=1S/C13H15F2N3S/c1-3-10-13(19-18-17-10)11(16-2)7-8-5-4-6-9(14)12(8)15/h4-6,11,16H,3,7H2,1-2H3. The van der Waals surface area contributed by atoms with E-state index >= 15 is 0 Å². The van der Waals surface area contributed by atoms with Gasteiger partial charge in [0, 0.05) is 6.04 Å². The van der Waals surface area contributed by atoms with Crippen molar-refractivity contribution in [3.05, 3.63) is 46.0 Å². The molecular weight excluding hydrogens is 268 g/mol. The van der Waals surface area contributed by atoms with Crippen molar-refractivity contribution in [2.45, 2.75) is 25.8 Å². The van der Waals surface area contributed by atoms with Crippen LogP contribution in [0.15, 0.2) is 18.2 Å². The van der Waals surface area contributed by atoms with Gasteiger partial charge >= 0.3 is 0 Å². The Labute approximate surface area is 114 Å². The molecule has 0 aliphatic carbocycles. The maximum Gasteiger partial charge on any atom is 0.162 e. The van der Waals surface area contributed by atoms with Gasteiger partial charge in [0.1, 0.15) is 0 Å². The van der Waals surface area contributed by atoms with Crippen LogP contribution in [0.1, 0.15) is 29.1 Å². The lowest BCUT2D eigenvalue weighted by Crippen LogP contribution is -2.19. The third-order valence-corrected chi connectivity index (χ3v) is 3.92. The number of rotatable bonds is 5. The van der Waals surface area contributed by atoms with E-state index in [9.17, 15) is 8.78 Å². The summed E-state index contributed by atoms with van der Waals surface area (Å²) in [5, 5.41) is 7.16. The van der Waals surface area contributed by atoms with Crippen LogP contribution in [-0.2, 0) is 12.8 Å². The molecule has 0 spiro atoms. The summed E-state index contributed by atoms with van der Waals surface area (Å²) in [6.45, 7) is 2.00. The first-order valence-corrected chi connectivity index (χ1v) is 6.86. The SMILES string of the molecule is CCc1nnsc1C(Cc1cccc(F)c1F)NC. The molecule has 102 valence electrons. The fourth-order valence-corrected chi connectivity index (χ4v) is 2.82. The molecule has 1 atom stereocenters. The first-order valence-electron chi connectivity index (χ1n) is 6.08. The van der Waals surface area contributed by atoms with Crippen LogP contribution >= 0.6 is 11.5 Å². The monoisotopic (exact) mass is 283 g/mol. The predicted molar refractivity (Wildman–Crippen MR) is 71.1 cm³/mol. The highest BCUT2D eigenvalue weighted by Gasteiger charge is 2.19. The van der Waals surface area contributed by atoms with Gasteiger partial charge in [0.15, 0.2) is 11.6 Å². The van der Waals surface area contributed by atoms with Crippen molar-refractivity contribution in [2.75, 3.05) is 7.05 Å². The molecule has 1 N–H and O–H groups in total. The van der Waals surface area contributed by atoms with Gasteiger partial charge in [-0.3, -0.25) is 0 Å². The van der Waals surface area contributed by atoms with Crippen molar-refractivity contribution < 1.29 is 8.78 Å². The van der Waals surface area contributed by atoms with Crippen molar-refractivity contribution >= 4 is 11.5 Å². The summed E-state index contributed by atoms with van der Waals surface area (Å²) < 4.78 is 30.8. The number of halogens is 2. The highest BCUT2D eigenvalue weighted by molar-refractivity contribution is 7.05. The Kier molecular flexibility index (Phi) is 4.55. The molecule has 1 aromatic heterocycles. The molecule has 0 saturated carbocycles. The molecule has 0 saturated heterocycles. The molecule has 0 bridgehead atoms. The van der Waals surface area contributed by atoms with Gasteiger partial charge in [-0.15, -0.1) is 5.10 Å². The molecule has 3 nitrogen and oxygen atoms in total. The molecule has 19 heavy (non-hydrogen) atoms. The summed E-state index contributed by atoms with van der Waals surface area (Å²) in [6, 6.07) is 4.14. The second-order valence-corrected chi connectivity index (χ2v) is 4.98. The third kappa shape index (κ3) is 2.96. The molecule has 0 radical (unpaired) electrons. The number of nitrogens with zero attached hydrogens (tertiary/aromatic N) is 2. The Hall–Kier alpha value is -1.40. The summed E-state index contributed by atoms with van der Waals surface area (Å²) in [4.78, 5) is 0.980. The maximum absolute atomic E-state index is 13.7. The van der Waals surface area contributed by atoms with Gasteiger partial charge in [0.05, 0.1) is 10.6 Å². The van der Waals surface area contributed by atoms with E-state index in [0.717, 1.165) is 23.1 Å². The molecule has 0 aliphatic rings. The van der Waals surface area contributed by atoms with Gasteiger partial charge in [-0.25, -0.2) is 8.78 Å². The topological polar surface area (TPSA) is 37.8 Å². The van der Waals surface area contributed by atoms with Gasteiger partial charge < -0.3 is 5.32 Å². The van der Waals surface area contributed by atoms with Crippen LogP contribution in [0.2, 0.25) is 0 Å². The van der Waals surface area contributed by atoms with E-state index in [1.807, 2.05) is 6.92 Å². The highest BCUT2D eigenvalue weighted by Crippen LogP contribution is 2.25. The van der Waals surface area contributed by atoms with Crippen molar-refractivity contribution in [1.82, 2.24) is 14.9 Å². The number of nitrogens with one attached hydrogen (secondary N) is 1. The second kappa shape index (κ2) is 6.16. The van der Waals surface area contributed by atoms with E-state index in [0.29, 0.717) is 12.0 Å². The Bertz CT molecular complexity index is 557. The minimum Gasteiger partial charge on any atom is -0.312 e. The minimum absolute atomic E-state index is 0.105. The highest BCUT2D eigenvalue weighted by atomic mass is 32.1. The summed E-state index contributed by atoms with van der Waals surface area (Å²) in [5.41, 5.74) is 1.26. The number of hydrogen-bond donors (Lipinski definition) is 1. The van der Waals surface area contributed by atoms with Crippen molar-refractivity contribution in [3.8, 4) is 0 Å². The van der Waals surface area contributed by atoms with Crippen LogP contribution in [0.3, 0.4) is 0 Å².